The number of carbonyl (C=O) groups excluding carboxylic acids is 1. The van der Waals surface area contributed by atoms with Crippen LogP contribution < -0.4 is 5.73 Å². The van der Waals surface area contributed by atoms with Gasteiger partial charge in [-0.15, -0.1) is 0 Å². The lowest BCUT2D eigenvalue weighted by atomic mass is 10.0. The lowest BCUT2D eigenvalue weighted by Crippen LogP contribution is -2.52. The van der Waals surface area contributed by atoms with Crippen molar-refractivity contribution >= 4 is 11.7 Å². The number of nitrogens with zero attached hydrogens (tertiary/aromatic N) is 2. The van der Waals surface area contributed by atoms with Crippen LogP contribution in [-0.2, 0) is 9.53 Å². The van der Waals surface area contributed by atoms with Crippen molar-refractivity contribution in [2.24, 2.45) is 0 Å². The molecule has 1 fully saturated rings. The Morgan fingerprint density at radius 1 is 1.44 bits per heavy atom. The van der Waals surface area contributed by atoms with Crippen LogP contribution in [0.15, 0.2) is 18.3 Å². The van der Waals surface area contributed by atoms with E-state index in [2.05, 4.69) is 4.98 Å². The molecule has 1 amide bonds. The third-order valence-corrected chi connectivity index (χ3v) is 3.05. The molecule has 0 bridgehead atoms. The van der Waals surface area contributed by atoms with E-state index < -0.39 is 0 Å². The molecule has 1 atom stereocenters. The second-order valence-corrected chi connectivity index (χ2v) is 5.49. The van der Waals surface area contributed by atoms with E-state index in [1.807, 2.05) is 31.7 Å². The van der Waals surface area contributed by atoms with Gasteiger partial charge in [-0.2, -0.15) is 0 Å². The smallest absolute Gasteiger partial charge is 0.249 e. The molecule has 1 aliphatic heterocycles. The van der Waals surface area contributed by atoms with Crippen LogP contribution in [0.3, 0.4) is 0 Å². The van der Waals surface area contributed by atoms with Gasteiger partial charge < -0.3 is 15.4 Å². The lowest BCUT2D eigenvalue weighted by Gasteiger charge is -2.41. The van der Waals surface area contributed by atoms with Gasteiger partial charge in [0.15, 0.2) is 0 Å². The first-order valence-electron chi connectivity index (χ1n) is 6.01. The van der Waals surface area contributed by atoms with Gasteiger partial charge in [0.2, 0.25) is 5.91 Å². The molecule has 1 saturated heterocycles. The van der Waals surface area contributed by atoms with Gasteiger partial charge in [0, 0.05) is 17.3 Å². The van der Waals surface area contributed by atoms with E-state index >= 15 is 0 Å². The lowest BCUT2D eigenvalue weighted by molar-refractivity contribution is -0.156. The number of anilines is 1. The summed E-state index contributed by atoms with van der Waals surface area (Å²) in [5.41, 5.74) is 6.31. The molecule has 98 valence electrons. The van der Waals surface area contributed by atoms with Crippen molar-refractivity contribution in [2.45, 2.75) is 32.4 Å². The number of nitrogen functional groups attached to an aromatic ring is 1. The first-order chi connectivity index (χ1) is 8.38. The molecular formula is C13H19N3O2. The first kappa shape index (κ1) is 12.8. The highest BCUT2D eigenvalue weighted by Gasteiger charge is 2.34. The standard InChI is InChI=1S/C13H19N3O2/c1-13(2,3)16-7-10(18-8-12(16)17)9-4-5-11(14)15-6-9/h4-6,10H,7-8H2,1-3H3,(H2,14,15). The topological polar surface area (TPSA) is 68.4 Å². The number of amides is 1. The number of ether oxygens (including phenoxy) is 1. The molecule has 1 unspecified atom stereocenters. The molecule has 1 aromatic rings. The Labute approximate surface area is 107 Å². The molecule has 0 spiro atoms. The minimum absolute atomic E-state index is 0.0298. The van der Waals surface area contributed by atoms with Crippen LogP contribution in [0.25, 0.3) is 0 Å². The van der Waals surface area contributed by atoms with Gasteiger partial charge in [0.1, 0.15) is 18.5 Å². The highest BCUT2D eigenvalue weighted by atomic mass is 16.5. The Hall–Kier alpha value is -1.62. The number of aromatic nitrogens is 1. The molecule has 0 aromatic carbocycles. The summed E-state index contributed by atoms with van der Waals surface area (Å²) in [6.45, 7) is 6.73. The maximum atomic E-state index is 11.8. The minimum Gasteiger partial charge on any atom is -0.384 e. The van der Waals surface area contributed by atoms with Crippen LogP contribution in [0.2, 0.25) is 0 Å². The molecular weight excluding hydrogens is 230 g/mol. The van der Waals surface area contributed by atoms with Crippen LogP contribution in [0, 0.1) is 0 Å². The van der Waals surface area contributed by atoms with Crippen LogP contribution in [0.4, 0.5) is 5.82 Å². The van der Waals surface area contributed by atoms with Crippen LogP contribution in [0.5, 0.6) is 0 Å². The van der Waals surface area contributed by atoms with Crippen molar-refractivity contribution in [3.05, 3.63) is 23.9 Å². The van der Waals surface area contributed by atoms with Crippen molar-refractivity contribution in [2.75, 3.05) is 18.9 Å². The third-order valence-electron chi connectivity index (χ3n) is 3.05. The molecule has 0 saturated carbocycles. The van der Waals surface area contributed by atoms with E-state index in [-0.39, 0.29) is 24.2 Å². The molecule has 18 heavy (non-hydrogen) atoms. The fourth-order valence-corrected chi connectivity index (χ4v) is 2.03. The molecule has 5 nitrogen and oxygen atoms in total. The molecule has 1 aliphatic rings. The van der Waals surface area contributed by atoms with Crippen LogP contribution in [-0.4, -0.2) is 34.5 Å². The SMILES string of the molecule is CC(C)(C)N1CC(c2ccc(N)nc2)OCC1=O. The fraction of sp³-hybridized carbons (Fsp3) is 0.538. The second-order valence-electron chi connectivity index (χ2n) is 5.49. The summed E-state index contributed by atoms with van der Waals surface area (Å²) in [7, 11) is 0. The number of rotatable bonds is 1. The molecule has 5 heteroatoms. The molecule has 2 N–H and O–H groups in total. The molecule has 1 aromatic heterocycles. The summed E-state index contributed by atoms with van der Waals surface area (Å²) in [4.78, 5) is 17.7. The van der Waals surface area contributed by atoms with E-state index in [0.29, 0.717) is 12.4 Å². The fourth-order valence-electron chi connectivity index (χ4n) is 2.03. The van der Waals surface area contributed by atoms with Crippen molar-refractivity contribution in [3.63, 3.8) is 0 Å². The molecule has 2 heterocycles. The van der Waals surface area contributed by atoms with Gasteiger partial charge in [-0.1, -0.05) is 6.07 Å². The van der Waals surface area contributed by atoms with E-state index in [9.17, 15) is 4.79 Å². The van der Waals surface area contributed by atoms with Gasteiger partial charge >= 0.3 is 0 Å². The highest BCUT2D eigenvalue weighted by Crippen LogP contribution is 2.27. The van der Waals surface area contributed by atoms with Gasteiger partial charge in [0.05, 0.1) is 6.54 Å². The van der Waals surface area contributed by atoms with Gasteiger partial charge in [0.25, 0.3) is 0 Å². The molecule has 2 rings (SSSR count). The number of hydrogen-bond donors (Lipinski definition) is 1. The maximum Gasteiger partial charge on any atom is 0.249 e. The zero-order valence-corrected chi connectivity index (χ0v) is 11.0. The summed E-state index contributed by atoms with van der Waals surface area (Å²) in [5, 5.41) is 0. The molecule has 0 aliphatic carbocycles. The van der Waals surface area contributed by atoms with Crippen molar-refractivity contribution in [1.29, 1.82) is 0 Å². The van der Waals surface area contributed by atoms with Crippen LogP contribution >= 0.6 is 0 Å². The van der Waals surface area contributed by atoms with Gasteiger partial charge in [-0.25, -0.2) is 4.98 Å². The Morgan fingerprint density at radius 3 is 2.72 bits per heavy atom. The van der Waals surface area contributed by atoms with Crippen LogP contribution in [0.1, 0.15) is 32.4 Å². The van der Waals surface area contributed by atoms with Crippen molar-refractivity contribution in [3.8, 4) is 0 Å². The summed E-state index contributed by atoms with van der Waals surface area (Å²) in [6.07, 6.45) is 1.58. The van der Waals surface area contributed by atoms with E-state index in [1.54, 1.807) is 12.3 Å². The Kier molecular flexibility index (Phi) is 3.26. The average molecular weight is 249 g/mol. The third kappa shape index (κ3) is 2.61. The number of nitrogens with two attached hydrogens (primary N) is 1. The number of pyridine rings is 1. The minimum atomic E-state index is -0.194. The van der Waals surface area contributed by atoms with E-state index in [1.165, 1.54) is 0 Å². The Morgan fingerprint density at radius 2 is 2.17 bits per heavy atom. The van der Waals surface area contributed by atoms with Gasteiger partial charge in [-0.05, 0) is 26.8 Å². The summed E-state index contributed by atoms with van der Waals surface area (Å²) in [5.74, 6) is 0.514. The predicted octanol–water partition coefficient (Wildman–Crippen LogP) is 1.36. The summed E-state index contributed by atoms with van der Waals surface area (Å²) in [6, 6.07) is 3.64. The predicted molar refractivity (Wildman–Crippen MR) is 68.8 cm³/mol. The Bertz CT molecular complexity index is 437. The zero-order valence-electron chi connectivity index (χ0n) is 11.0. The number of hydrogen-bond acceptors (Lipinski definition) is 4. The van der Waals surface area contributed by atoms with E-state index in [0.717, 1.165) is 5.56 Å². The monoisotopic (exact) mass is 249 g/mol. The summed E-state index contributed by atoms with van der Waals surface area (Å²) >= 11 is 0. The van der Waals surface area contributed by atoms with E-state index in [4.69, 9.17) is 10.5 Å². The number of morpholine rings is 1. The normalized spacial score (nSPS) is 21.2. The largest absolute Gasteiger partial charge is 0.384 e. The molecule has 0 radical (unpaired) electrons. The van der Waals surface area contributed by atoms with Crippen molar-refractivity contribution in [1.82, 2.24) is 9.88 Å². The summed E-state index contributed by atoms with van der Waals surface area (Å²) < 4.78 is 5.57. The Balaban J connectivity index is 2.17. The van der Waals surface area contributed by atoms with Gasteiger partial charge in [-0.3, -0.25) is 4.79 Å². The highest BCUT2D eigenvalue weighted by molar-refractivity contribution is 5.79. The number of carbonyl (C=O) groups is 1. The maximum absolute atomic E-state index is 11.8. The second kappa shape index (κ2) is 4.57. The van der Waals surface area contributed by atoms with Crippen molar-refractivity contribution < 1.29 is 9.53 Å². The zero-order chi connectivity index (χ0) is 13.3. The first-order valence-corrected chi connectivity index (χ1v) is 6.01. The average Bonchev–Trinajstić information content (AvgIpc) is 2.29. The quantitative estimate of drug-likeness (QED) is 0.816.